The SMILES string of the molecule is [B]C(=O)N1[C@@H](Cc2cc(F)cc(F)c2)[C@@H]([C@H]2CO2)OC1(C)C. The smallest absolute Gasteiger partial charge is 0.200 e. The molecule has 22 heavy (non-hydrogen) atoms. The molecule has 7 heteroatoms. The first-order chi connectivity index (χ1) is 10.3. The molecule has 3 atom stereocenters. The van der Waals surface area contributed by atoms with Gasteiger partial charge in [0.2, 0.25) is 7.85 Å². The monoisotopic (exact) mass is 307 g/mol. The molecule has 2 fully saturated rings. The summed E-state index contributed by atoms with van der Waals surface area (Å²) in [7, 11) is 5.48. The molecule has 4 nitrogen and oxygen atoms in total. The van der Waals surface area contributed by atoms with Crippen LogP contribution in [-0.4, -0.2) is 49.1 Å². The van der Waals surface area contributed by atoms with E-state index in [0.29, 0.717) is 12.2 Å². The predicted octanol–water partition coefficient (Wildman–Crippen LogP) is 2.00. The molecule has 2 radical (unpaired) electrons. The van der Waals surface area contributed by atoms with E-state index in [1.807, 2.05) is 0 Å². The predicted molar refractivity (Wildman–Crippen MR) is 75.5 cm³/mol. The molecule has 0 spiro atoms. The van der Waals surface area contributed by atoms with Crippen LogP contribution in [0.5, 0.6) is 0 Å². The van der Waals surface area contributed by atoms with Gasteiger partial charge in [-0.1, -0.05) is 0 Å². The molecule has 0 aromatic heterocycles. The Morgan fingerprint density at radius 1 is 1.36 bits per heavy atom. The van der Waals surface area contributed by atoms with Crippen LogP contribution in [-0.2, 0) is 15.9 Å². The number of halogens is 2. The Kier molecular flexibility index (Phi) is 3.73. The Morgan fingerprint density at radius 2 is 1.95 bits per heavy atom. The minimum Gasteiger partial charge on any atom is -0.370 e. The van der Waals surface area contributed by atoms with Crippen molar-refractivity contribution in [2.75, 3.05) is 6.61 Å². The summed E-state index contributed by atoms with van der Waals surface area (Å²) in [6.07, 6.45) is -0.244. The lowest BCUT2D eigenvalue weighted by Gasteiger charge is -2.33. The van der Waals surface area contributed by atoms with E-state index in [2.05, 4.69) is 0 Å². The number of carbonyl (C=O) groups excluding carboxylic acids is 1. The molecular formula is C15H16BF2NO3. The second-order valence-corrected chi connectivity index (χ2v) is 6.16. The van der Waals surface area contributed by atoms with Crippen molar-refractivity contribution in [1.82, 2.24) is 4.90 Å². The summed E-state index contributed by atoms with van der Waals surface area (Å²) in [5, 5.41) is 0. The fraction of sp³-hybridized carbons (Fsp3) is 0.533. The Labute approximate surface area is 128 Å². The van der Waals surface area contributed by atoms with Gasteiger partial charge in [-0.2, -0.15) is 0 Å². The molecule has 1 aromatic carbocycles. The maximum Gasteiger partial charge on any atom is 0.200 e. The molecule has 2 aliphatic rings. The number of hydrogen-bond donors (Lipinski definition) is 0. The Hall–Kier alpha value is -1.47. The van der Waals surface area contributed by atoms with E-state index in [1.54, 1.807) is 13.8 Å². The second kappa shape index (κ2) is 5.31. The first kappa shape index (κ1) is 15.4. The minimum absolute atomic E-state index is 0.118. The zero-order chi connectivity index (χ0) is 16.1. The molecule has 2 saturated heterocycles. The van der Waals surface area contributed by atoms with Gasteiger partial charge in [0.05, 0.1) is 12.6 Å². The van der Waals surface area contributed by atoms with Crippen LogP contribution in [0.4, 0.5) is 13.6 Å². The standard InChI is InChI=1S/C15H16BF2NO3/c1-15(2)19(14(16)20)11(13(22-15)12-7-21-12)5-8-3-9(17)6-10(18)4-8/h3-4,6,11-13H,5,7H2,1-2H3/t11-,12+,13-/m0/s1. The van der Waals surface area contributed by atoms with Gasteiger partial charge >= 0.3 is 0 Å². The summed E-state index contributed by atoms with van der Waals surface area (Å²) in [5.74, 6) is -1.94. The fourth-order valence-electron chi connectivity index (χ4n) is 3.19. The van der Waals surface area contributed by atoms with Crippen LogP contribution in [0.3, 0.4) is 0 Å². The number of rotatable bonds is 3. The number of ether oxygens (including phenoxy) is 2. The summed E-state index contributed by atoms with van der Waals surface area (Å²) < 4.78 is 37.9. The van der Waals surface area contributed by atoms with Crippen LogP contribution in [0.2, 0.25) is 0 Å². The molecule has 116 valence electrons. The van der Waals surface area contributed by atoms with E-state index in [0.717, 1.165) is 6.07 Å². The van der Waals surface area contributed by atoms with Gasteiger partial charge in [0.25, 0.3) is 0 Å². The topological polar surface area (TPSA) is 42.1 Å². The molecular weight excluding hydrogens is 291 g/mol. The summed E-state index contributed by atoms with van der Waals surface area (Å²) in [5.41, 5.74) is -0.445. The van der Waals surface area contributed by atoms with E-state index >= 15 is 0 Å². The van der Waals surface area contributed by atoms with Crippen molar-refractivity contribution >= 4 is 13.7 Å². The summed E-state index contributed by atoms with van der Waals surface area (Å²) in [4.78, 5) is 13.2. The molecule has 2 heterocycles. The van der Waals surface area contributed by atoms with E-state index in [4.69, 9.17) is 17.3 Å². The first-order valence-corrected chi connectivity index (χ1v) is 7.11. The fourth-order valence-corrected chi connectivity index (χ4v) is 3.19. The number of carbonyl (C=O) groups is 1. The van der Waals surface area contributed by atoms with Gasteiger partial charge in [-0.25, -0.2) is 8.78 Å². The average molecular weight is 307 g/mol. The van der Waals surface area contributed by atoms with E-state index < -0.39 is 29.2 Å². The van der Waals surface area contributed by atoms with Crippen molar-refractivity contribution in [3.63, 3.8) is 0 Å². The first-order valence-electron chi connectivity index (χ1n) is 7.11. The van der Waals surface area contributed by atoms with Crippen molar-refractivity contribution in [2.24, 2.45) is 0 Å². The third kappa shape index (κ3) is 2.87. The highest BCUT2D eigenvalue weighted by molar-refractivity contribution is 6.57. The van der Waals surface area contributed by atoms with Gasteiger partial charge in [-0.05, 0) is 38.0 Å². The van der Waals surface area contributed by atoms with Crippen molar-refractivity contribution < 1.29 is 23.0 Å². The minimum atomic E-state index is -0.890. The number of hydrogen-bond acceptors (Lipinski definition) is 3. The number of amides is 1. The quantitative estimate of drug-likeness (QED) is 0.633. The molecule has 0 aliphatic carbocycles. The lowest BCUT2D eigenvalue weighted by molar-refractivity contribution is -0.0637. The van der Waals surface area contributed by atoms with Gasteiger partial charge < -0.3 is 14.4 Å². The molecule has 0 bridgehead atoms. The maximum atomic E-state index is 13.4. The molecule has 0 N–H and O–H groups in total. The summed E-state index contributed by atoms with van der Waals surface area (Å²) >= 11 is 0. The van der Waals surface area contributed by atoms with Gasteiger partial charge in [-0.15, -0.1) is 0 Å². The molecule has 2 aliphatic heterocycles. The van der Waals surface area contributed by atoms with Crippen LogP contribution in [0.15, 0.2) is 18.2 Å². The molecule has 1 amide bonds. The number of epoxide rings is 1. The largest absolute Gasteiger partial charge is 0.370 e. The highest BCUT2D eigenvalue weighted by Crippen LogP contribution is 2.38. The number of benzene rings is 1. The zero-order valence-corrected chi connectivity index (χ0v) is 12.4. The Morgan fingerprint density at radius 3 is 2.45 bits per heavy atom. The Balaban J connectivity index is 1.91. The van der Waals surface area contributed by atoms with Crippen molar-refractivity contribution in [1.29, 1.82) is 0 Å². The van der Waals surface area contributed by atoms with Gasteiger partial charge in [0.15, 0.2) is 5.81 Å². The van der Waals surface area contributed by atoms with Gasteiger partial charge in [0.1, 0.15) is 29.6 Å². The van der Waals surface area contributed by atoms with Gasteiger partial charge in [0, 0.05) is 6.07 Å². The third-order valence-electron chi connectivity index (χ3n) is 4.05. The van der Waals surface area contributed by atoms with E-state index in [1.165, 1.54) is 17.0 Å². The van der Waals surface area contributed by atoms with Crippen LogP contribution >= 0.6 is 0 Å². The summed E-state index contributed by atoms with van der Waals surface area (Å²) in [6, 6.07) is 2.88. The molecule has 0 saturated carbocycles. The molecule has 3 rings (SSSR count). The van der Waals surface area contributed by atoms with Crippen molar-refractivity contribution in [3.8, 4) is 0 Å². The Bertz CT molecular complexity index is 586. The van der Waals surface area contributed by atoms with Crippen molar-refractivity contribution in [2.45, 2.75) is 44.2 Å². The zero-order valence-electron chi connectivity index (χ0n) is 12.4. The highest BCUT2D eigenvalue weighted by atomic mass is 19.1. The number of nitrogens with zero attached hydrogens (tertiary/aromatic N) is 1. The van der Waals surface area contributed by atoms with Crippen molar-refractivity contribution in [3.05, 3.63) is 35.4 Å². The highest BCUT2D eigenvalue weighted by Gasteiger charge is 2.54. The maximum absolute atomic E-state index is 13.4. The van der Waals surface area contributed by atoms with Crippen LogP contribution in [0.1, 0.15) is 19.4 Å². The molecule has 1 aromatic rings. The van der Waals surface area contributed by atoms with Crippen LogP contribution in [0, 0.1) is 11.6 Å². The normalized spacial score (nSPS) is 29.6. The average Bonchev–Trinajstić information content (AvgIpc) is 3.13. The lowest BCUT2D eigenvalue weighted by atomic mass is 9.95. The van der Waals surface area contributed by atoms with E-state index in [-0.39, 0.29) is 18.6 Å². The van der Waals surface area contributed by atoms with Crippen LogP contribution in [0.25, 0.3) is 0 Å². The van der Waals surface area contributed by atoms with Crippen LogP contribution < -0.4 is 0 Å². The lowest BCUT2D eigenvalue weighted by Crippen LogP contribution is -2.49. The third-order valence-corrected chi connectivity index (χ3v) is 4.05. The van der Waals surface area contributed by atoms with Gasteiger partial charge in [-0.3, -0.25) is 4.79 Å². The summed E-state index contributed by atoms with van der Waals surface area (Å²) in [6.45, 7) is 4.01. The van der Waals surface area contributed by atoms with E-state index in [9.17, 15) is 13.6 Å². The second-order valence-electron chi connectivity index (χ2n) is 6.16. The molecule has 0 unspecified atom stereocenters.